The van der Waals surface area contributed by atoms with Crippen LogP contribution in [0.1, 0.15) is 73.9 Å². The van der Waals surface area contributed by atoms with Gasteiger partial charge < -0.3 is 25.3 Å². The number of nitrogens with one attached hydrogen (secondary N) is 2. The molecule has 13 heteroatoms. The quantitative estimate of drug-likeness (QED) is 0.163. The predicted octanol–water partition coefficient (Wildman–Crippen LogP) is 4.13. The van der Waals surface area contributed by atoms with Crippen LogP contribution < -0.4 is 16.3 Å². The second-order valence-corrected chi connectivity index (χ2v) is 12.2. The second kappa shape index (κ2) is 14.0. The molecule has 2 heterocycles. The van der Waals surface area contributed by atoms with Crippen molar-refractivity contribution in [2.45, 2.75) is 76.8 Å². The molecule has 0 aliphatic heterocycles. The fourth-order valence-corrected chi connectivity index (χ4v) is 6.36. The number of carbonyl (C=O) groups excluding carboxylic acids is 2. The zero-order chi connectivity index (χ0) is 33.7. The topological polar surface area (TPSA) is 194 Å². The maximum atomic E-state index is 13.5. The smallest absolute Gasteiger partial charge is 0.340 e. The molecule has 246 valence electrons. The first-order valence-electron chi connectivity index (χ1n) is 15.5. The van der Waals surface area contributed by atoms with Crippen LogP contribution in [0, 0.1) is 12.8 Å². The number of carboxylic acids is 2. The van der Waals surface area contributed by atoms with Gasteiger partial charge in [0.2, 0.25) is 11.8 Å². The number of amides is 2. The molecule has 1 saturated carbocycles. The van der Waals surface area contributed by atoms with Gasteiger partial charge in [-0.15, -0.1) is 5.10 Å². The van der Waals surface area contributed by atoms with Crippen LogP contribution in [0.2, 0.25) is 0 Å². The summed E-state index contributed by atoms with van der Waals surface area (Å²) < 4.78 is 6.55. The number of anilines is 1. The van der Waals surface area contributed by atoms with E-state index in [0.29, 0.717) is 16.6 Å². The van der Waals surface area contributed by atoms with Gasteiger partial charge in [-0.1, -0.05) is 54.8 Å². The van der Waals surface area contributed by atoms with E-state index in [1.54, 1.807) is 19.1 Å². The van der Waals surface area contributed by atoms with Crippen molar-refractivity contribution < 1.29 is 33.8 Å². The lowest BCUT2D eigenvalue weighted by atomic mass is 9.74. The zero-order valence-corrected chi connectivity index (χ0v) is 26.2. The number of aryl methyl sites for hydroxylation is 1. The van der Waals surface area contributed by atoms with E-state index in [4.69, 9.17) is 9.52 Å². The van der Waals surface area contributed by atoms with Crippen LogP contribution in [0.25, 0.3) is 11.0 Å². The van der Waals surface area contributed by atoms with E-state index in [1.807, 2.05) is 37.3 Å². The fourth-order valence-electron chi connectivity index (χ4n) is 6.36. The maximum absolute atomic E-state index is 13.5. The van der Waals surface area contributed by atoms with E-state index in [1.165, 1.54) is 16.9 Å². The van der Waals surface area contributed by atoms with E-state index in [0.717, 1.165) is 37.7 Å². The summed E-state index contributed by atoms with van der Waals surface area (Å²) >= 11 is 0. The van der Waals surface area contributed by atoms with Gasteiger partial charge in [0.15, 0.2) is 0 Å². The van der Waals surface area contributed by atoms with Gasteiger partial charge in [0.25, 0.3) is 0 Å². The van der Waals surface area contributed by atoms with E-state index in [2.05, 4.69) is 20.9 Å². The van der Waals surface area contributed by atoms with Crippen LogP contribution in [0.5, 0.6) is 0 Å². The summed E-state index contributed by atoms with van der Waals surface area (Å²) in [5.74, 6) is -3.23. The van der Waals surface area contributed by atoms with Crippen molar-refractivity contribution in [2.75, 3.05) is 5.32 Å². The first kappa shape index (κ1) is 33.0. The molecule has 2 amide bonds. The molecule has 1 unspecified atom stereocenters. The zero-order valence-electron chi connectivity index (χ0n) is 26.2. The third-order valence-electron chi connectivity index (χ3n) is 8.94. The molecule has 0 spiro atoms. The van der Waals surface area contributed by atoms with Crippen molar-refractivity contribution in [3.63, 3.8) is 0 Å². The van der Waals surface area contributed by atoms with Crippen LogP contribution in [0.3, 0.4) is 0 Å². The largest absolute Gasteiger partial charge is 0.481 e. The van der Waals surface area contributed by atoms with Gasteiger partial charge >= 0.3 is 17.6 Å². The monoisotopic (exact) mass is 643 g/mol. The third kappa shape index (κ3) is 7.56. The number of fused-ring (bicyclic) bond motifs is 1. The van der Waals surface area contributed by atoms with Crippen LogP contribution in [-0.4, -0.2) is 49.0 Å². The van der Waals surface area contributed by atoms with Gasteiger partial charge in [-0.3, -0.25) is 19.2 Å². The molecule has 1 fully saturated rings. The Labute approximate surface area is 270 Å². The number of rotatable bonds is 12. The van der Waals surface area contributed by atoms with Gasteiger partial charge in [0.05, 0.1) is 36.6 Å². The van der Waals surface area contributed by atoms with E-state index in [-0.39, 0.29) is 35.1 Å². The lowest BCUT2D eigenvalue weighted by Crippen LogP contribution is -2.50. The van der Waals surface area contributed by atoms with Gasteiger partial charge in [-0.25, -0.2) is 9.48 Å². The highest BCUT2D eigenvalue weighted by atomic mass is 16.4. The van der Waals surface area contributed by atoms with Gasteiger partial charge in [0.1, 0.15) is 17.3 Å². The molecule has 5 rings (SSSR count). The highest BCUT2D eigenvalue weighted by Gasteiger charge is 2.41. The van der Waals surface area contributed by atoms with Gasteiger partial charge in [-0.2, -0.15) is 0 Å². The van der Waals surface area contributed by atoms with Crippen LogP contribution in [0.15, 0.2) is 63.9 Å². The SMILES string of the molecule is Cc1c(CC(=O)O)c(=O)oc2cc(NC(=O)C(CC(=O)O)n3cc([C@@](C)(NC(=O)Cc4ccccc4)C4CCCCC4)nn3)ccc12. The summed E-state index contributed by atoms with van der Waals surface area (Å²) in [6.45, 7) is 3.52. The van der Waals surface area contributed by atoms with Gasteiger partial charge in [0, 0.05) is 17.1 Å². The summed E-state index contributed by atoms with van der Waals surface area (Å²) in [4.78, 5) is 62.4. The van der Waals surface area contributed by atoms with Crippen molar-refractivity contribution in [2.24, 2.45) is 5.92 Å². The average molecular weight is 644 g/mol. The number of aliphatic carboxylic acids is 2. The molecular formula is C34H37N5O8. The third-order valence-corrected chi connectivity index (χ3v) is 8.94. The minimum atomic E-state index is -1.30. The molecule has 2 atom stereocenters. The van der Waals surface area contributed by atoms with Gasteiger partial charge in [-0.05, 0) is 55.9 Å². The molecule has 0 saturated heterocycles. The number of aromatic nitrogens is 3. The van der Waals surface area contributed by atoms with Crippen LogP contribution in [-0.2, 0) is 37.6 Å². The molecule has 4 N–H and O–H groups in total. The molecule has 0 bridgehead atoms. The van der Waals surface area contributed by atoms with Crippen molar-refractivity contribution >= 4 is 40.4 Å². The van der Waals surface area contributed by atoms with Crippen molar-refractivity contribution in [3.8, 4) is 0 Å². The minimum absolute atomic E-state index is 0.0294. The first-order chi connectivity index (χ1) is 22.4. The number of carbonyl (C=O) groups is 4. The molecule has 2 aromatic heterocycles. The summed E-state index contributed by atoms with van der Waals surface area (Å²) in [5.41, 5.74) is 0.419. The normalized spacial score (nSPS) is 15.4. The molecule has 4 aromatic rings. The maximum Gasteiger partial charge on any atom is 0.340 e. The summed E-state index contributed by atoms with van der Waals surface area (Å²) in [5, 5.41) is 33.7. The molecular weight excluding hydrogens is 606 g/mol. The number of benzene rings is 2. The Kier molecular flexibility index (Phi) is 9.83. The van der Waals surface area contributed by atoms with Crippen LogP contribution >= 0.6 is 0 Å². The lowest BCUT2D eigenvalue weighted by molar-refractivity contribution is -0.140. The number of hydrogen-bond donors (Lipinski definition) is 4. The van der Waals surface area contributed by atoms with E-state index >= 15 is 0 Å². The standard InChI is InChI=1S/C34H37N5O8/c1-20-24-14-13-23(16-27(24)47-33(46)25(20)17-30(41)42)35-32(45)26(18-31(43)44)39-19-28(37-38-39)34(2,22-11-7-4-8-12-22)36-29(40)15-21-9-5-3-6-10-21/h3,5-6,9-10,13-14,16,19,22,26H,4,7-8,11-12,15,17-18H2,1-2H3,(H,35,45)(H,36,40)(H,41,42)(H,43,44)/t26?,34-/m0/s1. The highest BCUT2D eigenvalue weighted by molar-refractivity contribution is 5.97. The van der Waals surface area contributed by atoms with Crippen LogP contribution in [0.4, 0.5) is 5.69 Å². The fraction of sp³-hybridized carbons (Fsp3) is 0.382. The Bertz CT molecular complexity index is 1860. The Hall–Kier alpha value is -5.33. The van der Waals surface area contributed by atoms with E-state index in [9.17, 15) is 29.1 Å². The minimum Gasteiger partial charge on any atom is -0.481 e. The Morgan fingerprint density at radius 2 is 1.74 bits per heavy atom. The Balaban J connectivity index is 1.41. The predicted molar refractivity (Wildman–Crippen MR) is 171 cm³/mol. The summed E-state index contributed by atoms with van der Waals surface area (Å²) in [6.07, 6.45) is 5.43. The van der Waals surface area contributed by atoms with Crippen molar-refractivity contribution in [3.05, 3.63) is 87.5 Å². The number of nitrogens with zero attached hydrogens (tertiary/aromatic N) is 3. The average Bonchev–Trinajstić information content (AvgIpc) is 3.53. The molecule has 13 nitrogen and oxygen atoms in total. The Morgan fingerprint density at radius 1 is 1.02 bits per heavy atom. The molecule has 47 heavy (non-hydrogen) atoms. The van der Waals surface area contributed by atoms with E-state index < -0.39 is 47.9 Å². The molecule has 0 radical (unpaired) electrons. The Morgan fingerprint density at radius 3 is 2.43 bits per heavy atom. The number of carboxylic acid groups (broad SMARTS) is 2. The lowest BCUT2D eigenvalue weighted by Gasteiger charge is -2.39. The molecule has 2 aromatic carbocycles. The highest BCUT2D eigenvalue weighted by Crippen LogP contribution is 2.39. The molecule has 1 aliphatic rings. The summed E-state index contributed by atoms with van der Waals surface area (Å²) in [7, 11) is 0. The first-order valence-corrected chi connectivity index (χ1v) is 15.5. The molecule has 1 aliphatic carbocycles. The summed E-state index contributed by atoms with van der Waals surface area (Å²) in [6, 6.07) is 12.6. The van der Waals surface area contributed by atoms with Crippen molar-refractivity contribution in [1.29, 1.82) is 0 Å². The second-order valence-electron chi connectivity index (χ2n) is 12.2. The van der Waals surface area contributed by atoms with Crippen molar-refractivity contribution in [1.82, 2.24) is 20.3 Å². The number of hydrogen-bond acceptors (Lipinski definition) is 8.